The fraction of sp³-hybridized carbons (Fsp3) is 0.940. The second kappa shape index (κ2) is 44.5. The van der Waals surface area contributed by atoms with Crippen LogP contribution in [0.4, 0.5) is 0 Å². The van der Waals surface area contributed by atoms with Gasteiger partial charge in [0.05, 0.1) is 0 Å². The summed E-state index contributed by atoms with van der Waals surface area (Å²) in [5, 5.41) is 0. The van der Waals surface area contributed by atoms with Crippen molar-refractivity contribution in [3.8, 4) is 0 Å². The highest BCUT2D eigenvalue weighted by molar-refractivity contribution is 5.71. The quantitative estimate of drug-likeness (QED) is 0.0347. The average molecular weight is 793 g/mol. The molecule has 0 radical (unpaired) electrons. The van der Waals surface area contributed by atoms with Gasteiger partial charge in [0.25, 0.3) is 0 Å². The molecule has 0 amide bonds. The first-order chi connectivity index (χ1) is 27.4. The fourth-order valence-corrected chi connectivity index (χ4v) is 7.51. The molecule has 0 aromatic heterocycles. The normalized spacial score (nSPS) is 11.9. The van der Waals surface area contributed by atoms with Crippen LogP contribution in [0.1, 0.15) is 278 Å². The van der Waals surface area contributed by atoms with Crippen LogP contribution >= 0.6 is 0 Å². The van der Waals surface area contributed by atoms with E-state index in [9.17, 15) is 14.4 Å². The number of carbonyl (C=O) groups is 3. The largest absolute Gasteiger partial charge is 0.462 e. The molecule has 0 fully saturated rings. The van der Waals surface area contributed by atoms with E-state index in [1.54, 1.807) is 0 Å². The van der Waals surface area contributed by atoms with Crippen molar-refractivity contribution in [1.29, 1.82) is 0 Å². The maximum Gasteiger partial charge on any atom is 0.306 e. The first kappa shape index (κ1) is 54.4. The van der Waals surface area contributed by atoms with Gasteiger partial charge in [0.15, 0.2) is 6.10 Å². The van der Waals surface area contributed by atoms with Crippen LogP contribution in [-0.2, 0) is 28.6 Å². The van der Waals surface area contributed by atoms with Crippen molar-refractivity contribution < 1.29 is 28.6 Å². The van der Waals surface area contributed by atoms with Gasteiger partial charge in [0, 0.05) is 19.3 Å². The molecule has 0 rings (SSSR count). The molecule has 0 unspecified atom stereocenters. The first-order valence-corrected chi connectivity index (χ1v) is 24.9. The van der Waals surface area contributed by atoms with Crippen molar-refractivity contribution in [3.05, 3.63) is 0 Å². The number of carbonyl (C=O) groups excluding carboxylic acids is 3. The van der Waals surface area contributed by atoms with Crippen molar-refractivity contribution in [1.82, 2.24) is 0 Å². The zero-order valence-electron chi connectivity index (χ0n) is 38.1. The van der Waals surface area contributed by atoms with Crippen LogP contribution in [-0.4, -0.2) is 37.2 Å². The summed E-state index contributed by atoms with van der Waals surface area (Å²) in [5.74, 6) is -0.0133. The van der Waals surface area contributed by atoms with Gasteiger partial charge in [-0.3, -0.25) is 14.4 Å². The number of esters is 3. The zero-order chi connectivity index (χ0) is 41.0. The Labute approximate surface area is 348 Å². The van der Waals surface area contributed by atoms with Gasteiger partial charge < -0.3 is 14.2 Å². The summed E-state index contributed by atoms with van der Waals surface area (Å²) < 4.78 is 16.7. The lowest BCUT2D eigenvalue weighted by atomic mass is 10.0. The molecule has 0 saturated heterocycles. The molecule has 0 N–H and O–H groups in total. The lowest BCUT2D eigenvalue weighted by Gasteiger charge is -2.18. The molecule has 6 heteroatoms. The number of ether oxygens (including phenoxy) is 3. The molecule has 0 aromatic carbocycles. The zero-order valence-corrected chi connectivity index (χ0v) is 38.1. The third kappa shape index (κ3) is 43.5. The average Bonchev–Trinajstić information content (AvgIpc) is 3.18. The summed E-state index contributed by atoms with van der Waals surface area (Å²) in [5.41, 5.74) is 0. The van der Waals surface area contributed by atoms with Gasteiger partial charge in [-0.1, -0.05) is 240 Å². The van der Waals surface area contributed by atoms with Gasteiger partial charge in [-0.15, -0.1) is 0 Å². The van der Waals surface area contributed by atoms with Gasteiger partial charge in [-0.05, 0) is 25.2 Å². The highest BCUT2D eigenvalue weighted by Gasteiger charge is 2.19. The molecule has 332 valence electrons. The number of hydrogen-bond donors (Lipinski definition) is 0. The van der Waals surface area contributed by atoms with E-state index < -0.39 is 6.10 Å². The van der Waals surface area contributed by atoms with Gasteiger partial charge in [0.2, 0.25) is 0 Å². The van der Waals surface area contributed by atoms with Crippen molar-refractivity contribution >= 4 is 17.9 Å². The Bertz CT molecular complexity index is 841. The van der Waals surface area contributed by atoms with Crippen LogP contribution in [0, 0.1) is 5.92 Å². The van der Waals surface area contributed by atoms with E-state index in [0.29, 0.717) is 19.3 Å². The van der Waals surface area contributed by atoms with E-state index in [0.717, 1.165) is 70.1 Å². The minimum Gasteiger partial charge on any atom is -0.462 e. The molecule has 0 aromatic rings. The van der Waals surface area contributed by atoms with Crippen LogP contribution in [0.3, 0.4) is 0 Å². The molecule has 0 bridgehead atoms. The van der Waals surface area contributed by atoms with Crippen molar-refractivity contribution in [2.45, 2.75) is 284 Å². The lowest BCUT2D eigenvalue weighted by molar-refractivity contribution is -0.167. The van der Waals surface area contributed by atoms with Crippen LogP contribution in [0.15, 0.2) is 0 Å². The van der Waals surface area contributed by atoms with Crippen LogP contribution in [0.5, 0.6) is 0 Å². The van der Waals surface area contributed by atoms with E-state index in [1.165, 1.54) is 167 Å². The molecule has 0 saturated carbocycles. The van der Waals surface area contributed by atoms with Gasteiger partial charge in [-0.2, -0.15) is 0 Å². The van der Waals surface area contributed by atoms with E-state index in [1.807, 2.05) is 0 Å². The molecule has 0 aliphatic carbocycles. The molecule has 0 aliphatic heterocycles. The number of unbranched alkanes of at least 4 members (excludes halogenated alkanes) is 32. The topological polar surface area (TPSA) is 78.9 Å². The summed E-state index contributed by atoms with van der Waals surface area (Å²) in [6.07, 6.45) is 45.5. The second-order valence-electron chi connectivity index (χ2n) is 17.6. The smallest absolute Gasteiger partial charge is 0.306 e. The molecule has 1 atom stereocenters. The summed E-state index contributed by atoms with van der Waals surface area (Å²) >= 11 is 0. The van der Waals surface area contributed by atoms with E-state index in [-0.39, 0.29) is 31.1 Å². The molecule has 0 heterocycles. The Balaban J connectivity index is 4.12. The van der Waals surface area contributed by atoms with Crippen LogP contribution in [0.25, 0.3) is 0 Å². The SMILES string of the molecule is CCCCCCCCCCCCCCCCCC(=O)OC[C@H](COC(=O)CCCCCCC)OC(=O)CCCCCCCCCCCCCCCCCC(C)C. The minimum absolute atomic E-state index is 0.0640. The van der Waals surface area contributed by atoms with E-state index in [2.05, 4.69) is 27.7 Å². The van der Waals surface area contributed by atoms with E-state index >= 15 is 0 Å². The lowest BCUT2D eigenvalue weighted by Crippen LogP contribution is -2.30. The molecular formula is C50H96O6. The fourth-order valence-electron chi connectivity index (χ4n) is 7.51. The number of rotatable bonds is 45. The first-order valence-electron chi connectivity index (χ1n) is 24.9. The third-order valence-corrected chi connectivity index (χ3v) is 11.3. The molecule has 0 aliphatic rings. The number of hydrogen-bond acceptors (Lipinski definition) is 6. The Kier molecular flexibility index (Phi) is 43.2. The standard InChI is InChI=1S/C50H96O6/c1-5-7-9-11-12-13-14-15-17-21-24-27-30-34-38-42-49(52)55-45-47(44-54-48(51)41-37-32-10-8-6-2)56-50(53)43-39-35-31-28-25-22-19-16-18-20-23-26-29-33-36-40-46(3)4/h46-47H,5-45H2,1-4H3/t47-/m0/s1. The monoisotopic (exact) mass is 793 g/mol. The molecule has 6 nitrogen and oxygen atoms in total. The van der Waals surface area contributed by atoms with Gasteiger partial charge in [-0.25, -0.2) is 0 Å². The Hall–Kier alpha value is -1.59. The summed E-state index contributed by atoms with van der Waals surface area (Å²) in [4.78, 5) is 37.6. The van der Waals surface area contributed by atoms with Crippen molar-refractivity contribution in [2.75, 3.05) is 13.2 Å². The summed E-state index contributed by atoms with van der Waals surface area (Å²) in [6.45, 7) is 8.95. The summed E-state index contributed by atoms with van der Waals surface area (Å²) in [7, 11) is 0. The predicted octanol–water partition coefficient (Wildman–Crippen LogP) is 15.9. The van der Waals surface area contributed by atoms with Crippen LogP contribution < -0.4 is 0 Å². The molecular weight excluding hydrogens is 697 g/mol. The highest BCUT2D eigenvalue weighted by Crippen LogP contribution is 2.17. The predicted molar refractivity (Wildman–Crippen MR) is 238 cm³/mol. The Morgan fingerprint density at radius 2 is 0.589 bits per heavy atom. The molecule has 56 heavy (non-hydrogen) atoms. The maximum absolute atomic E-state index is 12.7. The van der Waals surface area contributed by atoms with Gasteiger partial charge in [0.1, 0.15) is 13.2 Å². The second-order valence-corrected chi connectivity index (χ2v) is 17.6. The minimum atomic E-state index is -0.758. The molecule has 0 spiro atoms. The van der Waals surface area contributed by atoms with Crippen molar-refractivity contribution in [3.63, 3.8) is 0 Å². The van der Waals surface area contributed by atoms with Crippen molar-refractivity contribution in [2.24, 2.45) is 5.92 Å². The maximum atomic E-state index is 12.7. The Morgan fingerprint density at radius 1 is 0.339 bits per heavy atom. The summed E-state index contributed by atoms with van der Waals surface area (Å²) in [6, 6.07) is 0. The van der Waals surface area contributed by atoms with Crippen LogP contribution in [0.2, 0.25) is 0 Å². The van der Waals surface area contributed by atoms with Gasteiger partial charge >= 0.3 is 17.9 Å². The van der Waals surface area contributed by atoms with E-state index in [4.69, 9.17) is 14.2 Å². The highest BCUT2D eigenvalue weighted by atomic mass is 16.6. The Morgan fingerprint density at radius 3 is 0.875 bits per heavy atom. The third-order valence-electron chi connectivity index (χ3n) is 11.3.